The topological polar surface area (TPSA) is 50.3 Å². The van der Waals surface area contributed by atoms with Crippen molar-refractivity contribution >= 4 is 5.82 Å². The number of rotatable bonds is 7. The van der Waals surface area contributed by atoms with Crippen LogP contribution in [0.5, 0.6) is 5.88 Å². The molecule has 0 amide bonds. The minimum absolute atomic E-state index is 0.653. The number of hydrogen-bond donors (Lipinski definition) is 1. The zero-order chi connectivity index (χ0) is 12.7. The molecular weight excluding hydrogens is 216 g/mol. The first kappa shape index (κ1) is 13.7. The third-order valence-electron chi connectivity index (χ3n) is 2.63. The first-order valence-electron chi connectivity index (χ1n) is 5.99. The predicted octanol–water partition coefficient (Wildman–Crippen LogP) is 1.23. The van der Waals surface area contributed by atoms with E-state index >= 15 is 0 Å². The molecule has 0 aliphatic rings. The Labute approximate surface area is 103 Å². The Morgan fingerprint density at radius 2 is 2.12 bits per heavy atom. The van der Waals surface area contributed by atoms with Crippen LogP contribution in [-0.4, -0.2) is 43.8 Å². The summed E-state index contributed by atoms with van der Waals surface area (Å²) in [5.74, 6) is 1.62. The van der Waals surface area contributed by atoms with Crippen molar-refractivity contribution in [2.24, 2.45) is 0 Å². The second-order valence-corrected chi connectivity index (χ2v) is 3.92. The maximum Gasteiger partial charge on any atom is 0.221 e. The van der Waals surface area contributed by atoms with Crippen molar-refractivity contribution in [3.63, 3.8) is 0 Å². The zero-order valence-corrected chi connectivity index (χ0v) is 11.2. The number of nitrogens with zero attached hydrogens (tertiary/aromatic N) is 3. The van der Waals surface area contributed by atoms with Crippen LogP contribution in [0.15, 0.2) is 6.33 Å². The lowest BCUT2D eigenvalue weighted by Crippen LogP contribution is -2.32. The van der Waals surface area contributed by atoms with E-state index in [1.165, 1.54) is 0 Å². The van der Waals surface area contributed by atoms with Crippen molar-refractivity contribution in [3.8, 4) is 5.88 Å². The van der Waals surface area contributed by atoms with Gasteiger partial charge in [-0.1, -0.05) is 6.92 Å². The number of hydrogen-bond acceptors (Lipinski definition) is 5. The highest BCUT2D eigenvalue weighted by molar-refractivity contribution is 5.50. The quantitative estimate of drug-likeness (QED) is 0.774. The molecule has 1 aromatic heterocycles. The van der Waals surface area contributed by atoms with Gasteiger partial charge in [-0.3, -0.25) is 0 Å². The second kappa shape index (κ2) is 7.06. The minimum Gasteiger partial charge on any atom is -0.481 e. The summed E-state index contributed by atoms with van der Waals surface area (Å²) >= 11 is 0. The number of methoxy groups -OCH3 is 1. The number of likely N-dealkylation sites (N-methyl/N-ethyl adjacent to an activating group) is 1. The van der Waals surface area contributed by atoms with Crippen molar-refractivity contribution in [2.45, 2.75) is 20.3 Å². The van der Waals surface area contributed by atoms with Crippen LogP contribution in [0.4, 0.5) is 5.82 Å². The van der Waals surface area contributed by atoms with Gasteiger partial charge in [0.1, 0.15) is 12.1 Å². The van der Waals surface area contributed by atoms with Gasteiger partial charge in [0.2, 0.25) is 5.88 Å². The Balaban J connectivity index is 2.92. The SMILES string of the molecule is CCCN(CCNC)c1ncnc(OC)c1C. The van der Waals surface area contributed by atoms with Crippen LogP contribution >= 0.6 is 0 Å². The van der Waals surface area contributed by atoms with Crippen LogP contribution in [0.3, 0.4) is 0 Å². The summed E-state index contributed by atoms with van der Waals surface area (Å²) in [4.78, 5) is 10.7. The van der Waals surface area contributed by atoms with E-state index in [9.17, 15) is 0 Å². The van der Waals surface area contributed by atoms with Crippen LogP contribution in [-0.2, 0) is 0 Å². The molecule has 1 aromatic rings. The first-order valence-corrected chi connectivity index (χ1v) is 5.99. The third-order valence-corrected chi connectivity index (χ3v) is 2.63. The van der Waals surface area contributed by atoms with Gasteiger partial charge in [0.15, 0.2) is 0 Å². The summed E-state index contributed by atoms with van der Waals surface area (Å²) in [6.07, 6.45) is 2.65. The predicted molar refractivity (Wildman–Crippen MR) is 69.8 cm³/mol. The highest BCUT2D eigenvalue weighted by atomic mass is 16.5. The molecular formula is C12H22N4O. The monoisotopic (exact) mass is 238 g/mol. The van der Waals surface area contributed by atoms with E-state index < -0.39 is 0 Å². The van der Waals surface area contributed by atoms with Gasteiger partial charge >= 0.3 is 0 Å². The summed E-state index contributed by atoms with van der Waals surface area (Å²) in [5.41, 5.74) is 1.000. The molecule has 1 rings (SSSR count). The fourth-order valence-corrected chi connectivity index (χ4v) is 1.79. The molecule has 0 spiro atoms. The maximum absolute atomic E-state index is 5.23. The molecule has 0 fully saturated rings. The molecule has 0 aromatic carbocycles. The van der Waals surface area contributed by atoms with Crippen molar-refractivity contribution < 1.29 is 4.74 Å². The van der Waals surface area contributed by atoms with Gasteiger partial charge in [-0.15, -0.1) is 0 Å². The lowest BCUT2D eigenvalue weighted by atomic mass is 10.3. The lowest BCUT2D eigenvalue weighted by molar-refractivity contribution is 0.393. The maximum atomic E-state index is 5.23. The van der Waals surface area contributed by atoms with E-state index in [-0.39, 0.29) is 0 Å². The highest BCUT2D eigenvalue weighted by Gasteiger charge is 2.13. The fraction of sp³-hybridized carbons (Fsp3) is 0.667. The number of anilines is 1. The number of aromatic nitrogens is 2. The molecule has 96 valence electrons. The molecule has 17 heavy (non-hydrogen) atoms. The number of nitrogens with one attached hydrogen (secondary N) is 1. The molecule has 0 unspecified atom stereocenters. The molecule has 1 N–H and O–H groups in total. The van der Waals surface area contributed by atoms with Crippen molar-refractivity contribution in [1.82, 2.24) is 15.3 Å². The average Bonchev–Trinajstić information content (AvgIpc) is 2.35. The van der Waals surface area contributed by atoms with E-state index in [0.717, 1.165) is 37.4 Å². The average molecular weight is 238 g/mol. The Hall–Kier alpha value is -1.36. The first-order chi connectivity index (χ1) is 8.24. The molecule has 0 saturated heterocycles. The Morgan fingerprint density at radius 3 is 2.71 bits per heavy atom. The Kier molecular flexibility index (Phi) is 5.69. The largest absolute Gasteiger partial charge is 0.481 e. The molecule has 0 radical (unpaired) electrons. The molecule has 0 atom stereocenters. The van der Waals surface area contributed by atoms with Crippen molar-refractivity contribution in [2.75, 3.05) is 38.7 Å². The molecule has 1 heterocycles. The van der Waals surface area contributed by atoms with Gasteiger partial charge in [-0.25, -0.2) is 9.97 Å². The van der Waals surface area contributed by atoms with Crippen LogP contribution in [0.25, 0.3) is 0 Å². The Morgan fingerprint density at radius 1 is 1.35 bits per heavy atom. The van der Waals surface area contributed by atoms with Gasteiger partial charge in [0.25, 0.3) is 0 Å². The summed E-state index contributed by atoms with van der Waals surface area (Å²) in [6, 6.07) is 0. The van der Waals surface area contributed by atoms with Gasteiger partial charge in [-0.05, 0) is 20.4 Å². The van der Waals surface area contributed by atoms with Gasteiger partial charge in [-0.2, -0.15) is 0 Å². The molecule has 5 nitrogen and oxygen atoms in total. The van der Waals surface area contributed by atoms with Gasteiger partial charge in [0.05, 0.1) is 12.7 Å². The van der Waals surface area contributed by atoms with Gasteiger partial charge in [0, 0.05) is 19.6 Å². The van der Waals surface area contributed by atoms with E-state index in [0.29, 0.717) is 5.88 Å². The van der Waals surface area contributed by atoms with E-state index in [2.05, 4.69) is 27.1 Å². The third kappa shape index (κ3) is 3.56. The summed E-state index contributed by atoms with van der Waals surface area (Å²) in [6.45, 7) is 7.02. The smallest absolute Gasteiger partial charge is 0.221 e. The van der Waals surface area contributed by atoms with Gasteiger partial charge < -0.3 is 15.0 Å². The minimum atomic E-state index is 0.653. The highest BCUT2D eigenvalue weighted by Crippen LogP contribution is 2.23. The summed E-state index contributed by atoms with van der Waals surface area (Å²) < 4.78 is 5.23. The van der Waals surface area contributed by atoms with E-state index in [1.54, 1.807) is 13.4 Å². The van der Waals surface area contributed by atoms with Crippen LogP contribution in [0.2, 0.25) is 0 Å². The molecule has 0 aliphatic carbocycles. The van der Waals surface area contributed by atoms with E-state index in [1.807, 2.05) is 14.0 Å². The van der Waals surface area contributed by atoms with E-state index in [4.69, 9.17) is 4.74 Å². The normalized spacial score (nSPS) is 10.4. The fourth-order valence-electron chi connectivity index (χ4n) is 1.79. The standard InChI is InChI=1S/C12H22N4O/c1-5-7-16(8-6-13-3)11-10(2)12(17-4)15-9-14-11/h9,13H,5-8H2,1-4H3. The second-order valence-electron chi connectivity index (χ2n) is 3.92. The van der Waals surface area contributed by atoms with Crippen molar-refractivity contribution in [1.29, 1.82) is 0 Å². The lowest BCUT2D eigenvalue weighted by Gasteiger charge is -2.24. The van der Waals surface area contributed by atoms with Crippen LogP contribution in [0, 0.1) is 6.92 Å². The molecule has 0 bridgehead atoms. The molecule has 5 heteroatoms. The molecule has 0 saturated carbocycles. The van der Waals surface area contributed by atoms with Crippen LogP contribution in [0.1, 0.15) is 18.9 Å². The zero-order valence-electron chi connectivity index (χ0n) is 11.2. The van der Waals surface area contributed by atoms with Crippen molar-refractivity contribution in [3.05, 3.63) is 11.9 Å². The Bertz CT molecular complexity index is 343. The summed E-state index contributed by atoms with van der Waals surface area (Å²) in [7, 11) is 3.59. The van der Waals surface area contributed by atoms with Crippen LogP contribution < -0.4 is 15.0 Å². The summed E-state index contributed by atoms with van der Waals surface area (Å²) in [5, 5.41) is 3.16. The molecule has 0 aliphatic heterocycles. The number of ether oxygens (including phenoxy) is 1.